The molecule has 1 aliphatic heterocycles. The second kappa shape index (κ2) is 2.41. The van der Waals surface area contributed by atoms with Crippen molar-refractivity contribution >= 4 is 6.16 Å². The summed E-state index contributed by atoms with van der Waals surface area (Å²) in [6, 6.07) is 0. The molecule has 0 aromatic carbocycles. The van der Waals surface area contributed by atoms with Crippen LogP contribution in [0.4, 0.5) is 4.79 Å². The van der Waals surface area contributed by atoms with Gasteiger partial charge < -0.3 is 9.47 Å². The molecule has 0 radical (unpaired) electrons. The maximum atomic E-state index is 11.3. The second-order valence-corrected chi connectivity index (χ2v) is 4.20. The van der Waals surface area contributed by atoms with Crippen LogP contribution in [0.15, 0.2) is 24.3 Å². The van der Waals surface area contributed by atoms with E-state index in [2.05, 4.69) is 24.3 Å². The van der Waals surface area contributed by atoms with Gasteiger partial charge in [-0.25, -0.2) is 4.79 Å². The zero-order valence-corrected chi connectivity index (χ0v) is 7.86. The summed E-state index contributed by atoms with van der Waals surface area (Å²) in [6.07, 6.45) is 11.0. The molecule has 0 saturated carbocycles. The Hall–Kier alpha value is -1.25. The zero-order valence-electron chi connectivity index (χ0n) is 7.86. The van der Waals surface area contributed by atoms with Gasteiger partial charge in [0, 0.05) is 25.7 Å². The molecular formula is C11H12O3. The fourth-order valence-electron chi connectivity index (χ4n) is 2.70. The lowest BCUT2D eigenvalue weighted by Crippen LogP contribution is -2.53. The van der Waals surface area contributed by atoms with Gasteiger partial charge in [-0.15, -0.1) is 0 Å². The molecule has 0 aromatic heterocycles. The quantitative estimate of drug-likeness (QED) is 0.436. The van der Waals surface area contributed by atoms with Gasteiger partial charge in [0.15, 0.2) is 11.2 Å². The fraction of sp³-hybridized carbons (Fsp3) is 0.545. The molecule has 0 aromatic rings. The van der Waals surface area contributed by atoms with Crippen LogP contribution in [-0.2, 0) is 9.47 Å². The minimum Gasteiger partial charge on any atom is -0.423 e. The zero-order chi connectivity index (χ0) is 9.65. The summed E-state index contributed by atoms with van der Waals surface area (Å²) >= 11 is 0. The van der Waals surface area contributed by atoms with Crippen molar-refractivity contribution in [2.75, 3.05) is 0 Å². The summed E-state index contributed by atoms with van der Waals surface area (Å²) < 4.78 is 10.8. The van der Waals surface area contributed by atoms with Crippen molar-refractivity contribution in [3.63, 3.8) is 0 Å². The number of rotatable bonds is 0. The maximum absolute atomic E-state index is 11.3. The fourth-order valence-corrected chi connectivity index (χ4v) is 2.70. The van der Waals surface area contributed by atoms with Crippen LogP contribution in [0.3, 0.4) is 0 Å². The molecular weight excluding hydrogens is 180 g/mol. The Morgan fingerprint density at radius 2 is 1.21 bits per heavy atom. The van der Waals surface area contributed by atoms with E-state index in [-0.39, 0.29) is 0 Å². The summed E-state index contributed by atoms with van der Waals surface area (Å²) in [5, 5.41) is 0. The Bertz CT molecular complexity index is 292. The van der Waals surface area contributed by atoms with E-state index in [1.165, 1.54) is 0 Å². The molecule has 1 fully saturated rings. The SMILES string of the molecule is O=C1OC23CC=CCC2(CC=CC3)O1. The first kappa shape index (κ1) is 8.09. The second-order valence-electron chi connectivity index (χ2n) is 4.20. The summed E-state index contributed by atoms with van der Waals surface area (Å²) in [5.74, 6) is 0. The lowest BCUT2D eigenvalue weighted by molar-refractivity contribution is -0.0524. The Balaban J connectivity index is 2.10. The minimum absolute atomic E-state index is 0.409. The van der Waals surface area contributed by atoms with Crippen molar-refractivity contribution < 1.29 is 14.3 Å². The third-order valence-corrected chi connectivity index (χ3v) is 3.51. The Kier molecular flexibility index (Phi) is 1.39. The van der Waals surface area contributed by atoms with Crippen LogP contribution in [0.2, 0.25) is 0 Å². The van der Waals surface area contributed by atoms with Crippen LogP contribution in [0.25, 0.3) is 0 Å². The summed E-state index contributed by atoms with van der Waals surface area (Å²) in [6.45, 7) is 0. The lowest BCUT2D eigenvalue weighted by Gasteiger charge is -2.43. The number of hydrogen-bond donors (Lipinski definition) is 0. The van der Waals surface area contributed by atoms with Crippen molar-refractivity contribution in [2.45, 2.75) is 36.9 Å². The van der Waals surface area contributed by atoms with Gasteiger partial charge in [-0.1, -0.05) is 24.3 Å². The Labute approximate surface area is 82.4 Å². The first-order valence-electron chi connectivity index (χ1n) is 4.98. The molecule has 1 heterocycles. The number of ether oxygens (including phenoxy) is 2. The Morgan fingerprint density at radius 1 is 0.857 bits per heavy atom. The predicted octanol–water partition coefficient (Wildman–Crippen LogP) is 2.33. The average molecular weight is 192 g/mol. The lowest BCUT2D eigenvalue weighted by atomic mass is 9.68. The van der Waals surface area contributed by atoms with Gasteiger partial charge in [-0.3, -0.25) is 0 Å². The first-order valence-corrected chi connectivity index (χ1v) is 4.98. The van der Waals surface area contributed by atoms with Crippen molar-refractivity contribution in [1.82, 2.24) is 0 Å². The first-order chi connectivity index (χ1) is 6.77. The van der Waals surface area contributed by atoms with E-state index in [1.54, 1.807) is 0 Å². The summed E-state index contributed by atoms with van der Waals surface area (Å²) in [4.78, 5) is 11.3. The molecule has 74 valence electrons. The van der Waals surface area contributed by atoms with Crippen LogP contribution in [0, 0.1) is 0 Å². The van der Waals surface area contributed by atoms with Gasteiger partial charge in [0.05, 0.1) is 0 Å². The van der Waals surface area contributed by atoms with E-state index in [9.17, 15) is 4.79 Å². The van der Waals surface area contributed by atoms with Crippen molar-refractivity contribution in [3.05, 3.63) is 24.3 Å². The van der Waals surface area contributed by atoms with Crippen LogP contribution in [-0.4, -0.2) is 17.4 Å². The van der Waals surface area contributed by atoms with Gasteiger partial charge >= 0.3 is 6.16 Å². The van der Waals surface area contributed by atoms with Crippen LogP contribution >= 0.6 is 0 Å². The molecule has 0 atom stereocenters. The van der Waals surface area contributed by atoms with Gasteiger partial charge in [0.1, 0.15) is 0 Å². The number of hydrogen-bond acceptors (Lipinski definition) is 3. The summed E-state index contributed by atoms with van der Waals surface area (Å²) in [5.41, 5.74) is -0.818. The molecule has 0 amide bonds. The monoisotopic (exact) mass is 192 g/mol. The molecule has 3 rings (SSSR count). The predicted molar refractivity (Wildman–Crippen MR) is 49.8 cm³/mol. The van der Waals surface area contributed by atoms with E-state index in [0.717, 1.165) is 25.7 Å². The highest BCUT2D eigenvalue weighted by atomic mass is 16.8. The van der Waals surface area contributed by atoms with E-state index < -0.39 is 17.4 Å². The molecule has 0 N–H and O–H groups in total. The standard InChI is InChI=1S/C11H12O3/c12-9-13-10-5-1-2-6-11(10,14-9)8-4-3-7-10/h1-4H,5-8H2. The van der Waals surface area contributed by atoms with Gasteiger partial charge in [0.25, 0.3) is 0 Å². The molecule has 3 aliphatic rings. The van der Waals surface area contributed by atoms with E-state index in [0.29, 0.717) is 0 Å². The Morgan fingerprint density at radius 3 is 1.57 bits per heavy atom. The topological polar surface area (TPSA) is 35.5 Å². The normalized spacial score (nSPS) is 43.9. The molecule has 0 bridgehead atoms. The number of carbonyl (C=O) groups excluding carboxylic acids is 1. The highest BCUT2D eigenvalue weighted by molar-refractivity contribution is 5.65. The molecule has 14 heavy (non-hydrogen) atoms. The maximum Gasteiger partial charge on any atom is 0.509 e. The van der Waals surface area contributed by atoms with Crippen LogP contribution < -0.4 is 0 Å². The third-order valence-electron chi connectivity index (χ3n) is 3.51. The van der Waals surface area contributed by atoms with Crippen molar-refractivity contribution in [1.29, 1.82) is 0 Å². The average Bonchev–Trinajstić information content (AvgIpc) is 2.48. The molecule has 2 aliphatic carbocycles. The van der Waals surface area contributed by atoms with E-state index in [4.69, 9.17) is 9.47 Å². The molecule has 3 nitrogen and oxygen atoms in total. The smallest absolute Gasteiger partial charge is 0.423 e. The molecule has 0 spiro atoms. The molecule has 3 heteroatoms. The van der Waals surface area contributed by atoms with E-state index >= 15 is 0 Å². The van der Waals surface area contributed by atoms with Gasteiger partial charge in [0.2, 0.25) is 0 Å². The van der Waals surface area contributed by atoms with E-state index in [1.807, 2.05) is 0 Å². The highest BCUT2D eigenvalue weighted by Gasteiger charge is 2.62. The highest BCUT2D eigenvalue weighted by Crippen LogP contribution is 2.51. The molecule has 1 saturated heterocycles. The summed E-state index contributed by atoms with van der Waals surface area (Å²) in [7, 11) is 0. The number of carbonyl (C=O) groups is 1. The van der Waals surface area contributed by atoms with Crippen LogP contribution in [0.5, 0.6) is 0 Å². The largest absolute Gasteiger partial charge is 0.509 e. The minimum atomic E-state index is -0.502. The third kappa shape index (κ3) is 0.800. The van der Waals surface area contributed by atoms with Crippen molar-refractivity contribution in [2.24, 2.45) is 0 Å². The van der Waals surface area contributed by atoms with Crippen molar-refractivity contribution in [3.8, 4) is 0 Å². The van der Waals surface area contributed by atoms with Crippen LogP contribution in [0.1, 0.15) is 25.7 Å². The molecule has 0 unspecified atom stereocenters. The van der Waals surface area contributed by atoms with Gasteiger partial charge in [-0.05, 0) is 0 Å². The van der Waals surface area contributed by atoms with Gasteiger partial charge in [-0.2, -0.15) is 0 Å².